The molecule has 0 spiro atoms. The lowest BCUT2D eigenvalue weighted by Gasteiger charge is -2.22. The van der Waals surface area contributed by atoms with E-state index < -0.39 is 0 Å². The molecule has 0 saturated carbocycles. The molecule has 0 N–H and O–H groups in total. The van der Waals surface area contributed by atoms with Crippen LogP contribution < -0.4 is 9.80 Å². The van der Waals surface area contributed by atoms with Crippen molar-refractivity contribution in [2.75, 3.05) is 9.80 Å². The molecule has 4 rings (SSSR count). The van der Waals surface area contributed by atoms with Crippen molar-refractivity contribution in [3.63, 3.8) is 0 Å². The van der Waals surface area contributed by atoms with Crippen LogP contribution in [0.4, 0.5) is 11.4 Å². The minimum absolute atomic E-state index is 0. The van der Waals surface area contributed by atoms with Gasteiger partial charge in [-0.1, -0.05) is 24.3 Å². The zero-order valence-electron chi connectivity index (χ0n) is 17.3. The topological polar surface area (TPSA) is 54.1 Å². The molecular weight excluding hydrogens is 439 g/mol. The fourth-order valence-corrected chi connectivity index (χ4v) is 3.34. The molecule has 32 heavy (non-hydrogen) atoms. The summed E-state index contributed by atoms with van der Waals surface area (Å²) >= 11 is 0. The number of rotatable bonds is 4. The lowest BCUT2D eigenvalue weighted by atomic mass is 10.0. The Kier molecular flexibility index (Phi) is 8.93. The maximum atomic E-state index is 8.79. The number of halogens is 2. The molecular formula is C26H22Cl2N4. The first-order valence-electron chi connectivity index (χ1n) is 9.72. The van der Waals surface area contributed by atoms with Crippen molar-refractivity contribution in [1.29, 1.82) is 10.5 Å². The van der Waals surface area contributed by atoms with Crippen LogP contribution in [0.25, 0.3) is 0 Å². The van der Waals surface area contributed by atoms with Crippen LogP contribution in [0.15, 0.2) is 109 Å². The molecule has 2 aliphatic rings. The Bertz CT molecular complexity index is 1030. The molecule has 160 valence electrons. The molecule has 2 aliphatic heterocycles. The largest absolute Gasteiger partial charge is 0.324 e. The van der Waals surface area contributed by atoms with Crippen LogP contribution in [-0.2, 0) is 12.8 Å². The Morgan fingerprint density at radius 2 is 0.844 bits per heavy atom. The molecule has 0 amide bonds. The van der Waals surface area contributed by atoms with Crippen LogP contribution in [0.1, 0.15) is 11.1 Å². The highest BCUT2D eigenvalue weighted by Gasteiger charge is 2.09. The average Bonchev–Trinajstić information content (AvgIpc) is 2.81. The van der Waals surface area contributed by atoms with E-state index in [-0.39, 0.29) is 24.8 Å². The van der Waals surface area contributed by atoms with Gasteiger partial charge in [-0.3, -0.25) is 0 Å². The van der Waals surface area contributed by atoms with Gasteiger partial charge in [-0.15, -0.1) is 24.8 Å². The van der Waals surface area contributed by atoms with Crippen molar-refractivity contribution >= 4 is 36.2 Å². The molecule has 2 heterocycles. The third-order valence-corrected chi connectivity index (χ3v) is 5.03. The maximum Gasteiger partial charge on any atom is 0.0669 e. The van der Waals surface area contributed by atoms with E-state index in [0.717, 1.165) is 33.6 Å². The Labute approximate surface area is 201 Å². The van der Waals surface area contributed by atoms with Crippen molar-refractivity contribution in [3.05, 3.63) is 120 Å². The number of nitriles is 2. The molecule has 0 fully saturated rings. The van der Waals surface area contributed by atoms with Gasteiger partial charge in [0.15, 0.2) is 0 Å². The van der Waals surface area contributed by atoms with Gasteiger partial charge in [0.25, 0.3) is 0 Å². The minimum atomic E-state index is 0. The summed E-state index contributed by atoms with van der Waals surface area (Å²) in [7, 11) is 0. The van der Waals surface area contributed by atoms with E-state index in [1.165, 1.54) is 0 Å². The Balaban J connectivity index is 0.00000181. The van der Waals surface area contributed by atoms with E-state index in [1.807, 2.05) is 73.3 Å². The van der Waals surface area contributed by atoms with Crippen LogP contribution in [0.3, 0.4) is 0 Å². The average molecular weight is 461 g/mol. The number of hydrogen-bond acceptors (Lipinski definition) is 4. The minimum Gasteiger partial charge on any atom is -0.324 e. The highest BCUT2D eigenvalue weighted by atomic mass is 35.5. The third-order valence-electron chi connectivity index (χ3n) is 5.03. The first-order valence-corrected chi connectivity index (χ1v) is 9.72. The van der Waals surface area contributed by atoms with E-state index in [0.29, 0.717) is 12.8 Å². The summed E-state index contributed by atoms with van der Waals surface area (Å²) in [5, 5.41) is 17.6. The van der Waals surface area contributed by atoms with Gasteiger partial charge in [0.2, 0.25) is 0 Å². The molecule has 0 bridgehead atoms. The van der Waals surface area contributed by atoms with Gasteiger partial charge >= 0.3 is 0 Å². The summed E-state index contributed by atoms with van der Waals surface area (Å²) in [6.45, 7) is 0. The SMILES string of the molecule is Cl.Cl.N#CCc1ccc(N2C=CC(=C3C=CN(c4ccc(CC#N)cc4)C=C3)C=C2)cc1. The Morgan fingerprint density at radius 3 is 1.12 bits per heavy atom. The third kappa shape index (κ3) is 5.71. The van der Waals surface area contributed by atoms with Crippen molar-refractivity contribution in [1.82, 2.24) is 0 Å². The number of allylic oxidation sites excluding steroid dienone is 6. The highest BCUT2D eigenvalue weighted by molar-refractivity contribution is 5.85. The smallest absolute Gasteiger partial charge is 0.0669 e. The molecule has 0 aliphatic carbocycles. The van der Waals surface area contributed by atoms with E-state index in [2.05, 4.69) is 46.2 Å². The summed E-state index contributed by atoms with van der Waals surface area (Å²) < 4.78 is 0. The fourth-order valence-electron chi connectivity index (χ4n) is 3.34. The van der Waals surface area contributed by atoms with Crippen molar-refractivity contribution in [2.45, 2.75) is 12.8 Å². The van der Waals surface area contributed by atoms with Gasteiger partial charge in [0, 0.05) is 36.2 Å². The molecule has 0 unspecified atom stereocenters. The number of nitrogens with zero attached hydrogens (tertiary/aromatic N) is 4. The quantitative estimate of drug-likeness (QED) is 0.532. The molecule has 0 atom stereocenters. The zero-order chi connectivity index (χ0) is 20.8. The van der Waals surface area contributed by atoms with E-state index in [1.54, 1.807) is 0 Å². The zero-order valence-corrected chi connectivity index (χ0v) is 18.9. The van der Waals surface area contributed by atoms with Crippen LogP contribution in [0, 0.1) is 22.7 Å². The van der Waals surface area contributed by atoms with Gasteiger partial charge in [0.1, 0.15) is 0 Å². The van der Waals surface area contributed by atoms with Crippen molar-refractivity contribution in [2.24, 2.45) is 0 Å². The molecule has 2 aromatic rings. The predicted molar refractivity (Wildman–Crippen MR) is 135 cm³/mol. The van der Waals surface area contributed by atoms with Crippen molar-refractivity contribution in [3.8, 4) is 12.1 Å². The summed E-state index contributed by atoms with van der Waals surface area (Å²) in [6.07, 6.45) is 17.4. The lowest BCUT2D eigenvalue weighted by molar-refractivity contribution is 1.21. The Morgan fingerprint density at radius 1 is 0.531 bits per heavy atom. The number of anilines is 2. The highest BCUT2D eigenvalue weighted by Crippen LogP contribution is 2.25. The first-order chi connectivity index (χ1) is 14.8. The van der Waals surface area contributed by atoms with Crippen LogP contribution in [0.5, 0.6) is 0 Å². The van der Waals surface area contributed by atoms with Crippen LogP contribution >= 0.6 is 24.8 Å². The molecule has 0 aromatic heterocycles. The summed E-state index contributed by atoms with van der Waals surface area (Å²) in [4.78, 5) is 4.12. The first kappa shape index (κ1) is 24.6. The maximum absolute atomic E-state index is 8.79. The molecule has 0 radical (unpaired) electrons. The normalized spacial score (nSPS) is 13.8. The van der Waals surface area contributed by atoms with Gasteiger partial charge < -0.3 is 9.80 Å². The fraction of sp³-hybridized carbons (Fsp3) is 0.0769. The monoisotopic (exact) mass is 460 g/mol. The Hall–Kier alpha value is -3.70. The second-order valence-electron chi connectivity index (χ2n) is 6.99. The molecule has 4 nitrogen and oxygen atoms in total. The van der Waals surface area contributed by atoms with Gasteiger partial charge in [-0.05, 0) is 70.8 Å². The lowest BCUT2D eigenvalue weighted by Crippen LogP contribution is -2.12. The number of benzene rings is 2. The summed E-state index contributed by atoms with van der Waals surface area (Å²) in [6, 6.07) is 20.4. The summed E-state index contributed by atoms with van der Waals surface area (Å²) in [5.74, 6) is 0. The molecule has 6 heteroatoms. The summed E-state index contributed by atoms with van der Waals surface area (Å²) in [5.41, 5.74) is 6.46. The standard InChI is InChI=1S/C26H20N4.2ClH/c27-15-9-21-1-5-25(6-2-21)29-17-11-23(12-18-29)24-13-19-30(20-14-24)26-7-3-22(4-8-26)10-16-28;;/h1-8,11-14,17-20H,9-10H2;2*1H. The van der Waals surface area contributed by atoms with E-state index in [9.17, 15) is 0 Å². The second-order valence-corrected chi connectivity index (χ2v) is 6.99. The molecule has 0 saturated heterocycles. The second kappa shape index (κ2) is 11.6. The van der Waals surface area contributed by atoms with Gasteiger partial charge in [-0.25, -0.2) is 0 Å². The van der Waals surface area contributed by atoms with Crippen LogP contribution in [-0.4, -0.2) is 0 Å². The number of hydrogen-bond donors (Lipinski definition) is 0. The molecule has 2 aromatic carbocycles. The van der Waals surface area contributed by atoms with Crippen molar-refractivity contribution < 1.29 is 0 Å². The van der Waals surface area contributed by atoms with E-state index >= 15 is 0 Å². The van der Waals surface area contributed by atoms with Gasteiger partial charge in [0.05, 0.1) is 25.0 Å². The van der Waals surface area contributed by atoms with E-state index in [4.69, 9.17) is 10.5 Å². The predicted octanol–water partition coefficient (Wildman–Crippen LogP) is 6.35. The van der Waals surface area contributed by atoms with Crippen LogP contribution in [0.2, 0.25) is 0 Å². The van der Waals surface area contributed by atoms with Gasteiger partial charge in [-0.2, -0.15) is 10.5 Å².